The Labute approximate surface area is 201 Å². The van der Waals surface area contributed by atoms with Crippen LogP contribution in [0.4, 0.5) is 0 Å². The third kappa shape index (κ3) is 3.21. The number of Topliss-reactive ketones (excluding diaryl/α,β-unsaturated/α-hetero) is 3. The quantitative estimate of drug-likeness (QED) is 0.417. The summed E-state index contributed by atoms with van der Waals surface area (Å²) in [5.74, 6) is -8.41. The molecule has 182 valence electrons. The van der Waals surface area contributed by atoms with Gasteiger partial charge in [-0.05, 0) is 42.9 Å². The average molecular weight is 478 g/mol. The van der Waals surface area contributed by atoms with Crippen LogP contribution in [0.25, 0.3) is 0 Å². The lowest BCUT2D eigenvalue weighted by Gasteiger charge is -2.52. The van der Waals surface area contributed by atoms with Gasteiger partial charge in [0.1, 0.15) is 23.2 Å². The van der Waals surface area contributed by atoms with Crippen LogP contribution in [0.3, 0.4) is 0 Å². The maximum atomic E-state index is 13.6. The molecule has 2 aromatic rings. The Hall–Kier alpha value is -3.33. The summed E-state index contributed by atoms with van der Waals surface area (Å²) >= 11 is 0. The second-order valence-electron chi connectivity index (χ2n) is 9.77. The van der Waals surface area contributed by atoms with E-state index in [-0.39, 0.29) is 23.3 Å². The normalized spacial score (nSPS) is 34.2. The molecule has 7 atom stereocenters. The van der Waals surface area contributed by atoms with Crippen LogP contribution in [-0.4, -0.2) is 60.7 Å². The topological polar surface area (TPSA) is 152 Å². The Morgan fingerprint density at radius 3 is 2.37 bits per heavy atom. The maximum absolute atomic E-state index is 13.6. The molecule has 0 saturated heterocycles. The third-order valence-corrected chi connectivity index (χ3v) is 7.92. The maximum Gasteiger partial charge on any atom is 0.196 e. The van der Waals surface area contributed by atoms with Gasteiger partial charge in [-0.25, -0.2) is 0 Å². The molecule has 2 aromatic carbocycles. The van der Waals surface area contributed by atoms with Gasteiger partial charge in [0, 0.05) is 17.4 Å². The van der Waals surface area contributed by atoms with Crippen molar-refractivity contribution in [2.75, 3.05) is 0 Å². The standard InChI is InChI=1S/C27H26O8/c1-12(28)19-18(30)11-16-23(31)21-15(10-13-6-3-2-4-7-13)14-8-5-9-17(29)20(14)24(32)22(21)26(34)27(16,35)25(19)33/h2-9,15-16,18-19,21,23,29-31,34-35H,10-11H2,1H3. The van der Waals surface area contributed by atoms with E-state index < -0.39 is 64.6 Å². The molecule has 3 aliphatic carbocycles. The first-order valence-corrected chi connectivity index (χ1v) is 11.6. The summed E-state index contributed by atoms with van der Waals surface area (Å²) < 4.78 is 0. The van der Waals surface area contributed by atoms with E-state index in [2.05, 4.69) is 0 Å². The number of fused-ring (bicyclic) bond motifs is 3. The number of hydrogen-bond donors (Lipinski definition) is 5. The van der Waals surface area contributed by atoms with Crippen LogP contribution < -0.4 is 0 Å². The van der Waals surface area contributed by atoms with Crippen molar-refractivity contribution >= 4 is 17.3 Å². The van der Waals surface area contributed by atoms with Crippen molar-refractivity contribution in [2.24, 2.45) is 17.8 Å². The van der Waals surface area contributed by atoms with Crippen molar-refractivity contribution in [1.82, 2.24) is 0 Å². The van der Waals surface area contributed by atoms with Gasteiger partial charge < -0.3 is 25.5 Å². The van der Waals surface area contributed by atoms with E-state index >= 15 is 0 Å². The van der Waals surface area contributed by atoms with E-state index in [1.165, 1.54) is 6.07 Å². The summed E-state index contributed by atoms with van der Waals surface area (Å²) in [7, 11) is 0. The summed E-state index contributed by atoms with van der Waals surface area (Å²) in [5, 5.41) is 55.4. The lowest BCUT2D eigenvalue weighted by molar-refractivity contribution is -0.179. The Kier molecular flexibility index (Phi) is 5.43. The summed E-state index contributed by atoms with van der Waals surface area (Å²) in [6.07, 6.45) is -2.93. The number of ketones is 3. The molecular formula is C27H26O8. The number of carbonyl (C=O) groups is 3. The van der Waals surface area contributed by atoms with Gasteiger partial charge in [-0.1, -0.05) is 42.5 Å². The van der Waals surface area contributed by atoms with Crippen LogP contribution in [0.15, 0.2) is 59.9 Å². The fourth-order valence-electron chi connectivity index (χ4n) is 6.33. The highest BCUT2D eigenvalue weighted by Gasteiger charge is 2.66. The van der Waals surface area contributed by atoms with Crippen LogP contribution in [0, 0.1) is 17.8 Å². The molecule has 0 radical (unpaired) electrons. The van der Waals surface area contributed by atoms with E-state index in [4.69, 9.17) is 0 Å². The van der Waals surface area contributed by atoms with Crippen LogP contribution in [0.1, 0.15) is 40.7 Å². The number of carbonyl (C=O) groups excluding carboxylic acids is 3. The number of phenols is 1. The largest absolute Gasteiger partial charge is 0.508 e. The van der Waals surface area contributed by atoms with Crippen LogP contribution in [0.5, 0.6) is 5.75 Å². The summed E-state index contributed by atoms with van der Waals surface area (Å²) in [5.41, 5.74) is -1.76. The van der Waals surface area contributed by atoms with Crippen LogP contribution >= 0.6 is 0 Å². The fraction of sp³-hybridized carbons (Fsp3) is 0.370. The first-order valence-electron chi connectivity index (χ1n) is 11.6. The van der Waals surface area contributed by atoms with Gasteiger partial charge in [-0.15, -0.1) is 0 Å². The number of phenolic OH excluding ortho intramolecular Hbond substituents is 1. The highest BCUT2D eigenvalue weighted by Crippen LogP contribution is 2.55. The number of aromatic hydroxyl groups is 1. The second-order valence-corrected chi connectivity index (χ2v) is 9.77. The van der Waals surface area contributed by atoms with E-state index in [0.29, 0.717) is 12.0 Å². The summed E-state index contributed by atoms with van der Waals surface area (Å²) in [6, 6.07) is 13.9. The average Bonchev–Trinajstić information content (AvgIpc) is 2.81. The highest BCUT2D eigenvalue weighted by atomic mass is 16.4. The van der Waals surface area contributed by atoms with Crippen molar-refractivity contribution in [3.8, 4) is 5.75 Å². The molecule has 8 nitrogen and oxygen atoms in total. The summed E-state index contributed by atoms with van der Waals surface area (Å²) in [6.45, 7) is 1.09. The Morgan fingerprint density at radius 2 is 1.71 bits per heavy atom. The number of benzene rings is 2. The van der Waals surface area contributed by atoms with Crippen LogP contribution in [-0.2, 0) is 16.0 Å². The lowest BCUT2D eigenvalue weighted by Crippen LogP contribution is -2.66. The Morgan fingerprint density at radius 1 is 1.03 bits per heavy atom. The van der Waals surface area contributed by atoms with Crippen molar-refractivity contribution in [2.45, 2.75) is 43.5 Å². The molecule has 0 aliphatic heterocycles. The Balaban J connectivity index is 1.75. The molecule has 0 heterocycles. The van der Waals surface area contributed by atoms with Crippen LogP contribution in [0.2, 0.25) is 0 Å². The van der Waals surface area contributed by atoms with Gasteiger partial charge >= 0.3 is 0 Å². The third-order valence-electron chi connectivity index (χ3n) is 7.92. The monoisotopic (exact) mass is 478 g/mol. The number of aliphatic hydroxyl groups excluding tert-OH is 3. The molecular weight excluding hydrogens is 452 g/mol. The van der Waals surface area contributed by atoms with E-state index in [1.54, 1.807) is 12.1 Å². The van der Waals surface area contributed by atoms with Gasteiger partial charge in [0.25, 0.3) is 0 Å². The van der Waals surface area contributed by atoms with Crippen molar-refractivity contribution in [1.29, 1.82) is 0 Å². The molecule has 7 unspecified atom stereocenters. The van der Waals surface area contributed by atoms with Crippen molar-refractivity contribution < 1.29 is 39.9 Å². The molecule has 1 fully saturated rings. The molecule has 3 aliphatic rings. The van der Waals surface area contributed by atoms with Gasteiger partial charge in [0.15, 0.2) is 17.2 Å². The minimum atomic E-state index is -2.71. The van der Waals surface area contributed by atoms with Crippen molar-refractivity contribution in [3.63, 3.8) is 0 Å². The molecule has 1 saturated carbocycles. The zero-order valence-electron chi connectivity index (χ0n) is 19.0. The number of aliphatic hydroxyl groups is 4. The Bertz CT molecular complexity index is 1270. The predicted molar refractivity (Wildman–Crippen MR) is 123 cm³/mol. The van der Waals surface area contributed by atoms with E-state index in [1.807, 2.05) is 30.3 Å². The van der Waals surface area contributed by atoms with Gasteiger partial charge in [0.2, 0.25) is 0 Å². The number of rotatable bonds is 3. The van der Waals surface area contributed by atoms with E-state index in [9.17, 15) is 39.9 Å². The predicted octanol–water partition coefficient (Wildman–Crippen LogP) is 1.60. The SMILES string of the molecule is CC(=O)C1C(=O)C2(O)C(O)=C3C(=O)c4c(O)cccc4C(Cc4ccccc4)C3C(O)C2CC1O. The summed E-state index contributed by atoms with van der Waals surface area (Å²) in [4.78, 5) is 38.9. The fourth-order valence-corrected chi connectivity index (χ4v) is 6.33. The van der Waals surface area contributed by atoms with Gasteiger partial charge in [0.05, 0.1) is 17.8 Å². The second kappa shape index (κ2) is 8.12. The lowest BCUT2D eigenvalue weighted by atomic mass is 9.54. The number of hydrogen-bond acceptors (Lipinski definition) is 8. The molecule has 0 bridgehead atoms. The van der Waals surface area contributed by atoms with E-state index in [0.717, 1.165) is 12.5 Å². The van der Waals surface area contributed by atoms with Gasteiger partial charge in [-0.2, -0.15) is 0 Å². The molecule has 35 heavy (non-hydrogen) atoms. The van der Waals surface area contributed by atoms with Crippen molar-refractivity contribution in [3.05, 3.63) is 76.6 Å². The molecule has 0 spiro atoms. The minimum Gasteiger partial charge on any atom is -0.508 e. The molecule has 0 amide bonds. The minimum absolute atomic E-state index is 0.0631. The zero-order valence-corrected chi connectivity index (χ0v) is 19.0. The molecule has 0 aromatic heterocycles. The molecule has 5 N–H and O–H groups in total. The molecule has 5 rings (SSSR count). The first kappa shape index (κ1) is 23.4. The smallest absolute Gasteiger partial charge is 0.196 e. The molecule has 8 heteroatoms. The highest BCUT2D eigenvalue weighted by molar-refractivity contribution is 6.15. The van der Waals surface area contributed by atoms with Gasteiger partial charge in [-0.3, -0.25) is 14.4 Å². The zero-order chi connectivity index (χ0) is 25.2. The first-order chi connectivity index (χ1) is 16.6.